The number of aliphatic hydroxyl groups excluding tert-OH is 1. The molecule has 0 saturated carbocycles. The van der Waals surface area contributed by atoms with Gasteiger partial charge in [0.15, 0.2) is 0 Å². The van der Waals surface area contributed by atoms with Crippen molar-refractivity contribution in [3.05, 3.63) is 29.6 Å². The quantitative estimate of drug-likeness (QED) is 0.850. The molecule has 1 aromatic rings. The normalized spacial score (nSPS) is 23.8. The van der Waals surface area contributed by atoms with Crippen molar-refractivity contribution in [3.63, 3.8) is 0 Å². The van der Waals surface area contributed by atoms with Gasteiger partial charge in [0, 0.05) is 6.54 Å². The van der Waals surface area contributed by atoms with Gasteiger partial charge in [0.05, 0.1) is 23.9 Å². The number of hydrogen-bond donors (Lipinski definition) is 1. The predicted molar refractivity (Wildman–Crippen MR) is 63.1 cm³/mol. The largest absolute Gasteiger partial charge is 0.394 e. The zero-order chi connectivity index (χ0) is 12.4. The van der Waals surface area contributed by atoms with Crippen LogP contribution in [0.4, 0.5) is 10.1 Å². The Hall–Kier alpha value is -1.60. The summed E-state index contributed by atoms with van der Waals surface area (Å²) in [6.07, 6.45) is 0.980. The SMILES string of the molecule is CC1CCN(c2ccc(F)cc2C#N)C1CO. The standard InChI is InChI=1S/C13H15FN2O/c1-9-4-5-16(13(9)8-17)12-3-2-11(14)6-10(12)7-15/h2-3,6,9,13,17H,4-5,8H2,1H3. The Balaban J connectivity index is 2.38. The average Bonchev–Trinajstić information content (AvgIpc) is 2.70. The Kier molecular flexibility index (Phi) is 3.30. The molecular weight excluding hydrogens is 219 g/mol. The molecule has 0 aliphatic carbocycles. The number of hydrogen-bond acceptors (Lipinski definition) is 3. The van der Waals surface area contributed by atoms with Crippen LogP contribution >= 0.6 is 0 Å². The highest BCUT2D eigenvalue weighted by Gasteiger charge is 2.31. The minimum absolute atomic E-state index is 0.0209. The van der Waals surface area contributed by atoms with Crippen LogP contribution in [0.1, 0.15) is 18.9 Å². The van der Waals surface area contributed by atoms with Gasteiger partial charge in [0.1, 0.15) is 11.9 Å². The van der Waals surface area contributed by atoms with Gasteiger partial charge in [-0.2, -0.15) is 5.26 Å². The lowest BCUT2D eigenvalue weighted by molar-refractivity contribution is 0.244. The molecule has 0 spiro atoms. The molecule has 90 valence electrons. The van der Waals surface area contributed by atoms with E-state index in [-0.39, 0.29) is 12.6 Å². The summed E-state index contributed by atoms with van der Waals surface area (Å²) in [5.41, 5.74) is 1.05. The van der Waals surface area contributed by atoms with E-state index in [0.29, 0.717) is 11.5 Å². The fourth-order valence-corrected chi connectivity index (χ4v) is 2.43. The fraction of sp³-hybridized carbons (Fsp3) is 0.462. The van der Waals surface area contributed by atoms with E-state index in [9.17, 15) is 9.50 Å². The minimum atomic E-state index is -0.405. The third kappa shape index (κ3) is 2.11. The molecule has 1 aliphatic rings. The van der Waals surface area contributed by atoms with E-state index < -0.39 is 5.82 Å². The van der Waals surface area contributed by atoms with Gasteiger partial charge in [-0.3, -0.25) is 0 Å². The monoisotopic (exact) mass is 234 g/mol. The highest BCUT2D eigenvalue weighted by atomic mass is 19.1. The van der Waals surface area contributed by atoms with Crippen molar-refractivity contribution in [2.45, 2.75) is 19.4 Å². The number of nitrogens with zero attached hydrogens (tertiary/aromatic N) is 2. The van der Waals surface area contributed by atoms with E-state index in [1.165, 1.54) is 12.1 Å². The summed E-state index contributed by atoms with van der Waals surface area (Å²) in [6.45, 7) is 2.94. The van der Waals surface area contributed by atoms with Crippen LogP contribution in [0.25, 0.3) is 0 Å². The Labute approximate surface area is 100 Å². The second-order valence-corrected chi connectivity index (χ2v) is 4.48. The first-order chi connectivity index (χ1) is 8.17. The maximum atomic E-state index is 13.1. The van der Waals surface area contributed by atoms with E-state index in [0.717, 1.165) is 18.7 Å². The Morgan fingerprint density at radius 1 is 1.59 bits per heavy atom. The Morgan fingerprint density at radius 2 is 2.35 bits per heavy atom. The number of halogens is 1. The average molecular weight is 234 g/mol. The van der Waals surface area contributed by atoms with Gasteiger partial charge in [-0.05, 0) is 30.5 Å². The summed E-state index contributed by atoms with van der Waals surface area (Å²) in [4.78, 5) is 2.00. The minimum Gasteiger partial charge on any atom is -0.394 e. The molecule has 3 nitrogen and oxygen atoms in total. The molecule has 1 aromatic carbocycles. The molecular formula is C13H15FN2O. The molecule has 2 rings (SSSR count). The third-order valence-electron chi connectivity index (χ3n) is 3.46. The number of benzene rings is 1. The summed E-state index contributed by atoms with van der Waals surface area (Å²) < 4.78 is 13.1. The van der Waals surface area contributed by atoms with Crippen molar-refractivity contribution in [2.24, 2.45) is 5.92 Å². The number of rotatable bonds is 2. The van der Waals surface area contributed by atoms with Gasteiger partial charge in [0.2, 0.25) is 0 Å². The van der Waals surface area contributed by atoms with Crippen LogP contribution in [0.5, 0.6) is 0 Å². The summed E-state index contributed by atoms with van der Waals surface area (Å²) >= 11 is 0. The smallest absolute Gasteiger partial charge is 0.124 e. The van der Waals surface area contributed by atoms with Gasteiger partial charge in [0.25, 0.3) is 0 Å². The zero-order valence-corrected chi connectivity index (χ0v) is 9.73. The molecule has 0 aromatic heterocycles. The van der Waals surface area contributed by atoms with E-state index >= 15 is 0 Å². The van der Waals surface area contributed by atoms with Crippen LogP contribution < -0.4 is 4.90 Å². The lowest BCUT2D eigenvalue weighted by Gasteiger charge is -2.28. The summed E-state index contributed by atoms with van der Waals surface area (Å²) in [6, 6.07) is 6.25. The first-order valence-corrected chi connectivity index (χ1v) is 5.74. The molecule has 17 heavy (non-hydrogen) atoms. The van der Waals surface area contributed by atoms with E-state index in [1.54, 1.807) is 6.07 Å². The maximum Gasteiger partial charge on any atom is 0.124 e. The molecule has 1 fully saturated rings. The van der Waals surface area contributed by atoms with Crippen LogP contribution in [-0.4, -0.2) is 24.3 Å². The zero-order valence-electron chi connectivity index (χ0n) is 9.73. The van der Waals surface area contributed by atoms with Crippen molar-refractivity contribution in [3.8, 4) is 6.07 Å². The molecule has 2 unspecified atom stereocenters. The summed E-state index contributed by atoms with van der Waals surface area (Å²) in [7, 11) is 0. The first kappa shape index (κ1) is 11.9. The molecule has 1 heterocycles. The molecule has 0 amide bonds. The van der Waals surface area contributed by atoms with Crippen molar-refractivity contribution < 1.29 is 9.50 Å². The Morgan fingerprint density at radius 3 is 3.00 bits per heavy atom. The molecule has 0 bridgehead atoms. The van der Waals surface area contributed by atoms with Crippen LogP contribution in [-0.2, 0) is 0 Å². The first-order valence-electron chi connectivity index (χ1n) is 5.74. The van der Waals surface area contributed by atoms with Crippen molar-refractivity contribution >= 4 is 5.69 Å². The highest BCUT2D eigenvalue weighted by Crippen LogP contribution is 2.31. The van der Waals surface area contributed by atoms with Gasteiger partial charge in [-0.1, -0.05) is 6.92 Å². The summed E-state index contributed by atoms with van der Waals surface area (Å²) in [5.74, 6) is -0.0188. The van der Waals surface area contributed by atoms with Crippen LogP contribution in [0.3, 0.4) is 0 Å². The second kappa shape index (κ2) is 4.72. The predicted octanol–water partition coefficient (Wildman–Crippen LogP) is 1.90. The number of anilines is 1. The van der Waals surface area contributed by atoms with Crippen LogP contribution in [0.15, 0.2) is 18.2 Å². The highest BCUT2D eigenvalue weighted by molar-refractivity contribution is 5.60. The van der Waals surface area contributed by atoms with Gasteiger partial charge >= 0.3 is 0 Å². The van der Waals surface area contributed by atoms with E-state index in [4.69, 9.17) is 5.26 Å². The molecule has 1 N–H and O–H groups in total. The number of nitriles is 1. The van der Waals surface area contributed by atoms with Crippen molar-refractivity contribution in [1.82, 2.24) is 0 Å². The van der Waals surface area contributed by atoms with Crippen LogP contribution in [0.2, 0.25) is 0 Å². The third-order valence-corrected chi connectivity index (χ3v) is 3.46. The van der Waals surface area contributed by atoms with E-state index in [2.05, 4.69) is 6.92 Å². The molecule has 2 atom stereocenters. The van der Waals surface area contributed by atoms with Crippen LogP contribution in [0, 0.1) is 23.1 Å². The maximum absolute atomic E-state index is 13.1. The second-order valence-electron chi connectivity index (χ2n) is 4.48. The topological polar surface area (TPSA) is 47.3 Å². The molecule has 0 radical (unpaired) electrons. The molecule has 4 heteroatoms. The van der Waals surface area contributed by atoms with Gasteiger partial charge in [-0.15, -0.1) is 0 Å². The van der Waals surface area contributed by atoms with Gasteiger partial charge < -0.3 is 10.0 Å². The van der Waals surface area contributed by atoms with Crippen molar-refractivity contribution in [1.29, 1.82) is 5.26 Å². The molecule has 1 aliphatic heterocycles. The summed E-state index contributed by atoms with van der Waals surface area (Å²) in [5, 5.41) is 18.4. The number of aliphatic hydroxyl groups is 1. The van der Waals surface area contributed by atoms with Gasteiger partial charge in [-0.25, -0.2) is 4.39 Å². The lowest BCUT2D eigenvalue weighted by atomic mass is 10.0. The van der Waals surface area contributed by atoms with E-state index in [1.807, 2.05) is 11.0 Å². The van der Waals surface area contributed by atoms with Crippen molar-refractivity contribution in [2.75, 3.05) is 18.1 Å². The molecule has 1 saturated heterocycles. The Bertz CT molecular complexity index is 455. The lowest BCUT2D eigenvalue weighted by Crippen LogP contribution is -2.35. The fourth-order valence-electron chi connectivity index (χ4n) is 2.43.